The summed E-state index contributed by atoms with van der Waals surface area (Å²) in [6.45, 7) is 0. The Bertz CT molecular complexity index is 2650. The molecule has 216 valence electrons. The topological polar surface area (TPSA) is 29.5 Å². The maximum atomic E-state index is 6.73. The average molecular weight is 608 g/mol. The predicted molar refractivity (Wildman–Crippen MR) is 194 cm³/mol. The van der Waals surface area contributed by atoms with E-state index in [0.29, 0.717) is 0 Å². The van der Waals surface area contributed by atoms with E-state index < -0.39 is 0 Å². The first-order chi connectivity index (χ1) is 22.8. The molecule has 0 N–H and O–H groups in total. The fourth-order valence-corrected chi connectivity index (χ4v) is 8.28. The number of furan rings is 2. The molecule has 0 bridgehead atoms. The van der Waals surface area contributed by atoms with E-state index in [0.717, 1.165) is 72.1 Å². The molecule has 0 aliphatic rings. The quantitative estimate of drug-likeness (QED) is 0.199. The Morgan fingerprint density at radius 2 is 0.957 bits per heavy atom. The van der Waals surface area contributed by atoms with Gasteiger partial charge in [-0.3, -0.25) is 0 Å². The maximum Gasteiger partial charge on any atom is 0.159 e. The predicted octanol–water partition coefficient (Wildman–Crippen LogP) is 13.0. The highest BCUT2D eigenvalue weighted by Gasteiger charge is 2.28. The molecular weight excluding hydrogens is 583 g/mol. The normalized spacial score (nSPS) is 11.9. The first-order valence-corrected chi connectivity index (χ1v) is 16.3. The van der Waals surface area contributed by atoms with Crippen molar-refractivity contribution >= 4 is 92.4 Å². The van der Waals surface area contributed by atoms with E-state index in [-0.39, 0.29) is 0 Å². The molecule has 0 unspecified atom stereocenters. The molecule has 0 atom stereocenters. The summed E-state index contributed by atoms with van der Waals surface area (Å²) in [5.74, 6) is 0. The molecule has 0 fully saturated rings. The van der Waals surface area contributed by atoms with Gasteiger partial charge in [0, 0.05) is 42.6 Å². The second kappa shape index (κ2) is 9.83. The number of fused-ring (bicyclic) bond motifs is 9. The van der Waals surface area contributed by atoms with Crippen LogP contribution in [-0.4, -0.2) is 0 Å². The summed E-state index contributed by atoms with van der Waals surface area (Å²) >= 11 is 1.83. The molecule has 3 aromatic heterocycles. The molecule has 0 aliphatic carbocycles. The Morgan fingerprint density at radius 1 is 0.413 bits per heavy atom. The van der Waals surface area contributed by atoms with Gasteiger partial charge in [0.1, 0.15) is 11.2 Å². The van der Waals surface area contributed by atoms with Gasteiger partial charge < -0.3 is 13.7 Å². The van der Waals surface area contributed by atoms with Gasteiger partial charge in [-0.1, -0.05) is 121 Å². The Hall–Kier alpha value is -5.84. The van der Waals surface area contributed by atoms with Crippen molar-refractivity contribution in [2.75, 3.05) is 4.90 Å². The van der Waals surface area contributed by atoms with Gasteiger partial charge in [-0.05, 0) is 35.9 Å². The van der Waals surface area contributed by atoms with Crippen molar-refractivity contribution in [2.45, 2.75) is 0 Å². The molecule has 4 heteroatoms. The van der Waals surface area contributed by atoms with E-state index in [1.54, 1.807) is 0 Å². The molecule has 0 radical (unpaired) electrons. The number of hydrogen-bond donors (Lipinski definition) is 0. The van der Waals surface area contributed by atoms with Gasteiger partial charge in [0.2, 0.25) is 0 Å². The van der Waals surface area contributed by atoms with Gasteiger partial charge in [-0.2, -0.15) is 0 Å². The minimum atomic E-state index is 0.842. The van der Waals surface area contributed by atoms with Crippen molar-refractivity contribution in [3.63, 3.8) is 0 Å². The molecule has 46 heavy (non-hydrogen) atoms. The van der Waals surface area contributed by atoms with Crippen LogP contribution in [0.5, 0.6) is 0 Å². The summed E-state index contributed by atoms with van der Waals surface area (Å²) in [7, 11) is 0. The van der Waals surface area contributed by atoms with Crippen LogP contribution in [0.15, 0.2) is 160 Å². The highest BCUT2D eigenvalue weighted by molar-refractivity contribution is 7.26. The van der Waals surface area contributed by atoms with Crippen molar-refractivity contribution in [3.8, 4) is 11.1 Å². The zero-order valence-electron chi connectivity index (χ0n) is 24.6. The van der Waals surface area contributed by atoms with Crippen LogP contribution in [0.1, 0.15) is 0 Å². The van der Waals surface area contributed by atoms with Crippen molar-refractivity contribution < 1.29 is 8.83 Å². The van der Waals surface area contributed by atoms with Gasteiger partial charge in [0.25, 0.3) is 0 Å². The lowest BCUT2D eigenvalue weighted by Crippen LogP contribution is -2.12. The Balaban J connectivity index is 1.41. The first-order valence-electron chi connectivity index (χ1n) is 15.4. The Kier molecular flexibility index (Phi) is 5.45. The van der Waals surface area contributed by atoms with Crippen molar-refractivity contribution in [1.29, 1.82) is 0 Å². The van der Waals surface area contributed by atoms with Gasteiger partial charge in [-0.15, -0.1) is 11.3 Å². The van der Waals surface area contributed by atoms with Crippen LogP contribution in [-0.2, 0) is 0 Å². The van der Waals surface area contributed by atoms with Gasteiger partial charge >= 0.3 is 0 Å². The summed E-state index contributed by atoms with van der Waals surface area (Å²) in [6.07, 6.45) is 0. The van der Waals surface area contributed by atoms with E-state index in [4.69, 9.17) is 8.83 Å². The molecule has 3 heterocycles. The highest BCUT2D eigenvalue weighted by atomic mass is 32.1. The third-order valence-corrected chi connectivity index (χ3v) is 10.3. The zero-order chi connectivity index (χ0) is 30.2. The van der Waals surface area contributed by atoms with Crippen LogP contribution >= 0.6 is 11.3 Å². The summed E-state index contributed by atoms with van der Waals surface area (Å²) < 4.78 is 15.9. The number of hydrogen-bond acceptors (Lipinski definition) is 4. The molecule has 0 spiro atoms. The fraction of sp³-hybridized carbons (Fsp3) is 0. The largest absolute Gasteiger partial charge is 0.454 e. The summed E-state index contributed by atoms with van der Waals surface area (Å²) in [5, 5.41) is 6.86. The van der Waals surface area contributed by atoms with Crippen molar-refractivity contribution in [3.05, 3.63) is 152 Å². The molecule has 0 saturated carbocycles. The lowest BCUT2D eigenvalue weighted by Gasteiger charge is -2.28. The second-order valence-corrected chi connectivity index (χ2v) is 12.7. The van der Waals surface area contributed by atoms with Gasteiger partial charge in [0.05, 0.1) is 21.8 Å². The second-order valence-electron chi connectivity index (χ2n) is 11.6. The standard InChI is InChI=1S/C42H25NO2S/c1-2-12-26(13-3-1)27-24-25-33-30-16-6-9-23-38(30)46-42(33)39(27)43(34-19-10-17-31-28-14-4-7-21-36(28)44-40(31)34)35-20-11-18-32-29-15-5-8-22-37(29)45-41(32)35/h1-25H. The number of nitrogens with zero attached hydrogens (tertiary/aromatic N) is 1. The molecule has 3 nitrogen and oxygen atoms in total. The van der Waals surface area contributed by atoms with E-state index >= 15 is 0 Å². The lowest BCUT2D eigenvalue weighted by atomic mass is 9.99. The van der Waals surface area contributed by atoms with Crippen molar-refractivity contribution in [1.82, 2.24) is 0 Å². The SMILES string of the molecule is c1ccc(-c2ccc3c(sc4ccccc43)c2N(c2cccc3c2oc2ccccc23)c2cccc3c2oc2ccccc23)cc1. The van der Waals surface area contributed by atoms with Gasteiger partial charge in [0.15, 0.2) is 11.2 Å². The highest BCUT2D eigenvalue weighted by Crippen LogP contribution is 2.53. The molecule has 0 aliphatic heterocycles. The summed E-state index contributed by atoms with van der Waals surface area (Å²) in [6, 6.07) is 53.4. The van der Waals surface area contributed by atoms with Crippen molar-refractivity contribution in [2.24, 2.45) is 0 Å². The van der Waals surface area contributed by atoms with Crippen LogP contribution in [0.2, 0.25) is 0 Å². The number of anilines is 3. The van der Waals surface area contributed by atoms with E-state index in [2.05, 4.69) is 132 Å². The van der Waals surface area contributed by atoms with E-state index in [9.17, 15) is 0 Å². The van der Waals surface area contributed by atoms with Crippen LogP contribution < -0.4 is 4.90 Å². The van der Waals surface area contributed by atoms with Gasteiger partial charge in [-0.25, -0.2) is 0 Å². The third-order valence-electron chi connectivity index (χ3n) is 9.08. The molecule has 10 rings (SSSR count). The van der Waals surface area contributed by atoms with Crippen LogP contribution in [0.3, 0.4) is 0 Å². The Labute approximate surface area is 268 Å². The average Bonchev–Trinajstić information content (AvgIpc) is 3.81. The lowest BCUT2D eigenvalue weighted by molar-refractivity contribution is 0.666. The van der Waals surface area contributed by atoms with E-state index in [1.807, 2.05) is 35.6 Å². The summed E-state index contributed by atoms with van der Waals surface area (Å²) in [4.78, 5) is 2.38. The van der Waals surface area contributed by atoms with Crippen LogP contribution in [0.4, 0.5) is 17.1 Å². The number of para-hydroxylation sites is 4. The molecule has 0 saturated heterocycles. The summed E-state index contributed by atoms with van der Waals surface area (Å²) in [5.41, 5.74) is 8.74. The minimum absolute atomic E-state index is 0.842. The molecule has 0 amide bonds. The van der Waals surface area contributed by atoms with E-state index in [1.165, 1.54) is 20.2 Å². The molecular formula is C42H25NO2S. The Morgan fingerprint density at radius 3 is 1.61 bits per heavy atom. The number of thiophene rings is 1. The first kappa shape index (κ1) is 25.5. The number of rotatable bonds is 4. The smallest absolute Gasteiger partial charge is 0.159 e. The third kappa shape index (κ3) is 3.65. The monoisotopic (exact) mass is 607 g/mol. The van der Waals surface area contributed by atoms with Crippen LogP contribution in [0, 0.1) is 0 Å². The maximum absolute atomic E-state index is 6.73. The zero-order valence-corrected chi connectivity index (χ0v) is 25.4. The fourth-order valence-electron chi connectivity index (χ4n) is 7.03. The minimum Gasteiger partial charge on any atom is -0.454 e. The molecule has 7 aromatic carbocycles. The van der Waals surface area contributed by atoms with Crippen LogP contribution in [0.25, 0.3) is 75.2 Å². The number of benzene rings is 7. The molecule has 10 aromatic rings.